The molecular weight excluding hydrogens is 221 g/mol. The van der Waals surface area contributed by atoms with Gasteiger partial charge in [0.2, 0.25) is 0 Å². The van der Waals surface area contributed by atoms with E-state index in [0.29, 0.717) is 18.2 Å². The molecule has 5 heteroatoms. The molecule has 1 unspecified atom stereocenters. The summed E-state index contributed by atoms with van der Waals surface area (Å²) in [5.74, 6) is 1.01. The lowest BCUT2D eigenvalue weighted by atomic mass is 10.3. The first kappa shape index (κ1) is 11.6. The SMILES string of the molecule is CP(=O)(NCCCl)Oc1ccccc1. The van der Waals surface area contributed by atoms with Crippen molar-refractivity contribution in [1.29, 1.82) is 0 Å². The van der Waals surface area contributed by atoms with Gasteiger partial charge in [0.15, 0.2) is 0 Å². The summed E-state index contributed by atoms with van der Waals surface area (Å²) in [5, 5.41) is 2.76. The molecule has 3 nitrogen and oxygen atoms in total. The molecule has 78 valence electrons. The minimum Gasteiger partial charge on any atom is -0.433 e. The van der Waals surface area contributed by atoms with Crippen molar-refractivity contribution in [3.8, 4) is 5.75 Å². The van der Waals surface area contributed by atoms with Gasteiger partial charge in [0.1, 0.15) is 5.75 Å². The van der Waals surface area contributed by atoms with Crippen molar-refractivity contribution in [3.63, 3.8) is 0 Å². The van der Waals surface area contributed by atoms with Crippen LogP contribution >= 0.6 is 19.1 Å². The molecule has 0 amide bonds. The van der Waals surface area contributed by atoms with Crippen LogP contribution in [0.1, 0.15) is 0 Å². The van der Waals surface area contributed by atoms with Crippen LogP contribution in [-0.4, -0.2) is 19.1 Å². The Labute approximate surface area is 88.9 Å². The highest BCUT2D eigenvalue weighted by molar-refractivity contribution is 7.56. The van der Waals surface area contributed by atoms with E-state index in [1.807, 2.05) is 18.2 Å². The predicted octanol–water partition coefficient (Wildman–Crippen LogP) is 2.72. The van der Waals surface area contributed by atoms with E-state index in [1.54, 1.807) is 12.1 Å². The van der Waals surface area contributed by atoms with E-state index in [9.17, 15) is 4.57 Å². The average molecular weight is 234 g/mol. The molecule has 0 saturated heterocycles. The number of halogens is 1. The van der Waals surface area contributed by atoms with Gasteiger partial charge in [-0.1, -0.05) is 18.2 Å². The molecule has 14 heavy (non-hydrogen) atoms. The Balaban J connectivity index is 2.55. The van der Waals surface area contributed by atoms with Crippen LogP contribution in [0.3, 0.4) is 0 Å². The van der Waals surface area contributed by atoms with E-state index in [0.717, 1.165) is 0 Å². The molecule has 0 bridgehead atoms. The maximum absolute atomic E-state index is 11.8. The molecule has 0 aliphatic heterocycles. The van der Waals surface area contributed by atoms with Crippen molar-refractivity contribution >= 4 is 19.1 Å². The van der Waals surface area contributed by atoms with Crippen LogP contribution in [0.4, 0.5) is 0 Å². The summed E-state index contributed by atoms with van der Waals surface area (Å²) in [6, 6.07) is 9.06. The van der Waals surface area contributed by atoms with E-state index >= 15 is 0 Å². The van der Waals surface area contributed by atoms with Gasteiger partial charge in [-0.25, -0.2) is 5.09 Å². The first-order valence-electron chi connectivity index (χ1n) is 4.27. The Kier molecular flexibility index (Phi) is 4.46. The molecule has 0 aliphatic carbocycles. The molecule has 0 spiro atoms. The number of para-hydroxylation sites is 1. The highest BCUT2D eigenvalue weighted by atomic mass is 35.5. The molecule has 1 N–H and O–H groups in total. The second kappa shape index (κ2) is 5.40. The highest BCUT2D eigenvalue weighted by Gasteiger charge is 2.15. The van der Waals surface area contributed by atoms with Gasteiger partial charge in [-0.15, -0.1) is 11.6 Å². The van der Waals surface area contributed by atoms with Crippen LogP contribution < -0.4 is 9.61 Å². The monoisotopic (exact) mass is 233 g/mol. The zero-order valence-corrected chi connectivity index (χ0v) is 9.59. The fraction of sp³-hybridized carbons (Fsp3) is 0.333. The summed E-state index contributed by atoms with van der Waals surface area (Å²) in [6.07, 6.45) is 0. The second-order valence-electron chi connectivity index (χ2n) is 2.85. The summed E-state index contributed by atoms with van der Waals surface area (Å²) in [4.78, 5) is 0. The van der Waals surface area contributed by atoms with Gasteiger partial charge in [0.05, 0.1) is 0 Å². The Bertz CT molecular complexity index is 318. The number of alkyl halides is 1. The standard InChI is InChI=1S/C9H13ClNO2P/c1-14(12,11-8-7-10)13-9-5-3-2-4-6-9/h2-6H,7-8H2,1H3,(H,11,12). The van der Waals surface area contributed by atoms with Crippen LogP contribution in [-0.2, 0) is 4.57 Å². The number of nitrogens with one attached hydrogen (secondary N) is 1. The fourth-order valence-corrected chi connectivity index (χ4v) is 2.29. The Hall–Kier alpha value is -0.500. The molecule has 0 aliphatic rings. The number of rotatable bonds is 5. The fourth-order valence-electron chi connectivity index (χ4n) is 0.960. The highest BCUT2D eigenvalue weighted by Crippen LogP contribution is 2.38. The first-order valence-corrected chi connectivity index (χ1v) is 6.88. The third kappa shape index (κ3) is 4.14. The van der Waals surface area contributed by atoms with E-state index in [1.165, 1.54) is 6.66 Å². The van der Waals surface area contributed by atoms with Gasteiger partial charge in [-0.2, -0.15) is 0 Å². The van der Waals surface area contributed by atoms with Crippen molar-refractivity contribution in [2.45, 2.75) is 0 Å². The van der Waals surface area contributed by atoms with Gasteiger partial charge in [-0.05, 0) is 12.1 Å². The minimum atomic E-state index is -2.77. The van der Waals surface area contributed by atoms with Gasteiger partial charge in [0.25, 0.3) is 0 Å². The summed E-state index contributed by atoms with van der Waals surface area (Å²) < 4.78 is 17.0. The maximum Gasteiger partial charge on any atom is 0.313 e. The smallest absolute Gasteiger partial charge is 0.313 e. The van der Waals surface area contributed by atoms with Crippen molar-refractivity contribution in [1.82, 2.24) is 5.09 Å². The van der Waals surface area contributed by atoms with Crippen molar-refractivity contribution in [2.24, 2.45) is 0 Å². The lowest BCUT2D eigenvalue weighted by molar-refractivity contribution is 0.475. The molecule has 0 fully saturated rings. The summed E-state index contributed by atoms with van der Waals surface area (Å²) in [7, 11) is -2.77. The normalized spacial score (nSPS) is 14.7. The summed E-state index contributed by atoms with van der Waals surface area (Å²) >= 11 is 5.47. The first-order chi connectivity index (χ1) is 6.64. The lowest BCUT2D eigenvalue weighted by Gasteiger charge is -2.15. The van der Waals surface area contributed by atoms with Crippen LogP contribution in [0.15, 0.2) is 30.3 Å². The molecule has 1 aromatic rings. The van der Waals surface area contributed by atoms with Crippen molar-refractivity contribution in [2.75, 3.05) is 19.1 Å². The van der Waals surface area contributed by atoms with E-state index in [2.05, 4.69) is 5.09 Å². The quantitative estimate of drug-likeness (QED) is 0.628. The van der Waals surface area contributed by atoms with Gasteiger partial charge < -0.3 is 4.52 Å². The van der Waals surface area contributed by atoms with Crippen molar-refractivity contribution in [3.05, 3.63) is 30.3 Å². The molecule has 0 saturated carbocycles. The average Bonchev–Trinajstić information content (AvgIpc) is 2.16. The van der Waals surface area contributed by atoms with E-state index in [-0.39, 0.29) is 0 Å². The number of hydrogen-bond donors (Lipinski definition) is 1. The van der Waals surface area contributed by atoms with Crippen LogP contribution in [0.2, 0.25) is 0 Å². The van der Waals surface area contributed by atoms with Crippen LogP contribution in [0.5, 0.6) is 5.75 Å². The van der Waals surface area contributed by atoms with Crippen LogP contribution in [0.25, 0.3) is 0 Å². The second-order valence-corrected chi connectivity index (χ2v) is 5.42. The Morgan fingerprint density at radius 2 is 2.07 bits per heavy atom. The van der Waals surface area contributed by atoms with Gasteiger partial charge >= 0.3 is 7.52 Å². The van der Waals surface area contributed by atoms with E-state index in [4.69, 9.17) is 16.1 Å². The summed E-state index contributed by atoms with van der Waals surface area (Å²) in [6.45, 7) is 2.01. The molecule has 0 aromatic heterocycles. The van der Waals surface area contributed by atoms with E-state index < -0.39 is 7.52 Å². The number of benzene rings is 1. The maximum atomic E-state index is 11.8. The Morgan fingerprint density at radius 1 is 1.43 bits per heavy atom. The van der Waals surface area contributed by atoms with Crippen molar-refractivity contribution < 1.29 is 9.09 Å². The van der Waals surface area contributed by atoms with Crippen LogP contribution in [0, 0.1) is 0 Å². The third-order valence-corrected chi connectivity index (χ3v) is 3.06. The molecule has 1 aromatic carbocycles. The van der Waals surface area contributed by atoms with Gasteiger partial charge in [0, 0.05) is 19.1 Å². The molecule has 1 atom stereocenters. The van der Waals surface area contributed by atoms with Gasteiger partial charge in [-0.3, -0.25) is 4.57 Å². The molecule has 0 radical (unpaired) electrons. The lowest BCUT2D eigenvalue weighted by Crippen LogP contribution is -2.15. The zero-order chi connectivity index (χ0) is 10.4. The topological polar surface area (TPSA) is 38.3 Å². The molecule has 0 heterocycles. The summed E-state index contributed by atoms with van der Waals surface area (Å²) in [5.41, 5.74) is 0. The molecular formula is C9H13ClNO2P. The minimum absolute atomic E-state index is 0.413. The third-order valence-electron chi connectivity index (χ3n) is 1.52. The number of hydrogen-bond acceptors (Lipinski definition) is 2. The largest absolute Gasteiger partial charge is 0.433 e. The predicted molar refractivity (Wildman–Crippen MR) is 59.3 cm³/mol. The Morgan fingerprint density at radius 3 is 2.64 bits per heavy atom. The molecule has 1 rings (SSSR count). The zero-order valence-electron chi connectivity index (χ0n) is 7.94.